The molecular weight excluding hydrogens is 230 g/mol. The molecule has 0 saturated heterocycles. The SMILES string of the molecule is O=C1c2ccccc2OCC1C1=CC=CC[NH+]1[O-]. The van der Waals surface area contributed by atoms with Crippen molar-refractivity contribution in [3.05, 3.63) is 59.0 Å². The molecule has 0 spiro atoms. The van der Waals surface area contributed by atoms with E-state index in [1.165, 1.54) is 0 Å². The van der Waals surface area contributed by atoms with Crippen LogP contribution in [0.25, 0.3) is 0 Å². The van der Waals surface area contributed by atoms with Gasteiger partial charge in [-0.2, -0.15) is 0 Å². The molecule has 2 heterocycles. The standard InChI is InChI=1S/C14H13NO3/c16-14-10-5-1-2-7-13(10)18-9-11(14)12-6-3-4-8-15(12)17/h1-7,11,15H,8-9H2. The summed E-state index contributed by atoms with van der Waals surface area (Å²) in [6, 6.07) is 7.16. The molecule has 1 aromatic rings. The lowest BCUT2D eigenvalue weighted by molar-refractivity contribution is -0.803. The topological polar surface area (TPSA) is 53.8 Å². The van der Waals surface area contributed by atoms with E-state index in [9.17, 15) is 10.0 Å². The lowest BCUT2D eigenvalue weighted by atomic mass is 9.91. The van der Waals surface area contributed by atoms with Crippen LogP contribution in [0.5, 0.6) is 5.75 Å². The van der Waals surface area contributed by atoms with Gasteiger partial charge in [0.15, 0.2) is 5.78 Å². The maximum Gasteiger partial charge on any atom is 0.182 e. The number of carbonyl (C=O) groups is 1. The minimum Gasteiger partial charge on any atom is -0.629 e. The third-order valence-electron chi connectivity index (χ3n) is 3.29. The first-order chi connectivity index (χ1) is 8.77. The summed E-state index contributed by atoms with van der Waals surface area (Å²) in [6.07, 6.45) is 5.35. The van der Waals surface area contributed by atoms with Gasteiger partial charge in [-0.05, 0) is 24.3 Å². The zero-order chi connectivity index (χ0) is 12.5. The molecule has 2 aliphatic rings. The normalized spacial score (nSPS) is 26.3. The van der Waals surface area contributed by atoms with E-state index in [1.54, 1.807) is 30.4 Å². The van der Waals surface area contributed by atoms with Crippen LogP contribution in [0.4, 0.5) is 0 Å². The molecule has 2 unspecified atom stereocenters. The van der Waals surface area contributed by atoms with Crippen molar-refractivity contribution in [1.29, 1.82) is 0 Å². The van der Waals surface area contributed by atoms with Crippen LogP contribution in [-0.2, 0) is 0 Å². The van der Waals surface area contributed by atoms with Crippen molar-refractivity contribution in [2.75, 3.05) is 13.2 Å². The third-order valence-corrected chi connectivity index (χ3v) is 3.29. The van der Waals surface area contributed by atoms with Gasteiger partial charge in [0, 0.05) is 0 Å². The summed E-state index contributed by atoms with van der Waals surface area (Å²) >= 11 is 0. The molecular formula is C14H13NO3. The number of ketones is 1. The Kier molecular flexibility index (Phi) is 2.74. The number of benzene rings is 1. The highest BCUT2D eigenvalue weighted by Crippen LogP contribution is 2.29. The molecule has 0 radical (unpaired) electrons. The van der Waals surface area contributed by atoms with E-state index in [4.69, 9.17) is 4.74 Å². The number of hydrogen-bond acceptors (Lipinski definition) is 3. The van der Waals surface area contributed by atoms with Crippen molar-refractivity contribution >= 4 is 5.78 Å². The number of carbonyl (C=O) groups excluding carboxylic acids is 1. The van der Waals surface area contributed by atoms with Gasteiger partial charge in [0.1, 0.15) is 30.5 Å². The van der Waals surface area contributed by atoms with Crippen molar-refractivity contribution in [2.45, 2.75) is 0 Å². The number of allylic oxidation sites excluding steroid dienone is 2. The van der Waals surface area contributed by atoms with Gasteiger partial charge in [-0.1, -0.05) is 18.2 Å². The molecule has 0 saturated carbocycles. The number of hydrogen-bond donors (Lipinski definition) is 1. The molecule has 1 aromatic carbocycles. The first-order valence-corrected chi connectivity index (χ1v) is 5.93. The summed E-state index contributed by atoms with van der Waals surface area (Å²) in [4.78, 5) is 12.4. The Morgan fingerprint density at radius 2 is 2.17 bits per heavy atom. The van der Waals surface area contributed by atoms with Crippen molar-refractivity contribution in [1.82, 2.24) is 0 Å². The highest BCUT2D eigenvalue weighted by molar-refractivity contribution is 6.02. The number of fused-ring (bicyclic) bond motifs is 1. The first-order valence-electron chi connectivity index (χ1n) is 5.93. The number of rotatable bonds is 1. The monoisotopic (exact) mass is 243 g/mol. The molecule has 1 N–H and O–H groups in total. The van der Waals surface area contributed by atoms with Crippen LogP contribution in [-0.4, -0.2) is 18.9 Å². The number of quaternary nitrogens is 1. The zero-order valence-corrected chi connectivity index (χ0v) is 9.76. The smallest absolute Gasteiger partial charge is 0.182 e. The van der Waals surface area contributed by atoms with Crippen LogP contribution in [0.2, 0.25) is 0 Å². The molecule has 2 atom stereocenters. The Morgan fingerprint density at radius 3 is 3.00 bits per heavy atom. The second kappa shape index (κ2) is 4.40. The van der Waals surface area contributed by atoms with Gasteiger partial charge in [0.2, 0.25) is 0 Å². The summed E-state index contributed by atoms with van der Waals surface area (Å²) in [5, 5.41) is 11.8. The highest BCUT2D eigenvalue weighted by Gasteiger charge is 2.34. The predicted molar refractivity (Wildman–Crippen MR) is 66.2 cm³/mol. The Hall–Kier alpha value is -1.91. The largest absolute Gasteiger partial charge is 0.629 e. The molecule has 0 bridgehead atoms. The Morgan fingerprint density at radius 1 is 1.33 bits per heavy atom. The lowest BCUT2D eigenvalue weighted by Crippen LogP contribution is -3.06. The maximum atomic E-state index is 12.4. The summed E-state index contributed by atoms with van der Waals surface area (Å²) in [7, 11) is 0. The molecule has 0 amide bonds. The molecule has 2 aliphatic heterocycles. The fourth-order valence-electron chi connectivity index (χ4n) is 2.33. The van der Waals surface area contributed by atoms with E-state index in [1.807, 2.05) is 12.1 Å². The molecule has 0 aromatic heterocycles. The minimum absolute atomic E-state index is 0.0128. The van der Waals surface area contributed by atoms with Crippen LogP contribution in [0.15, 0.2) is 48.2 Å². The Balaban J connectivity index is 1.95. The van der Waals surface area contributed by atoms with Crippen LogP contribution < -0.4 is 9.80 Å². The number of ether oxygens (including phenoxy) is 1. The molecule has 18 heavy (non-hydrogen) atoms. The van der Waals surface area contributed by atoms with E-state index in [0.717, 1.165) is 0 Å². The van der Waals surface area contributed by atoms with Crippen molar-refractivity contribution in [2.24, 2.45) is 5.92 Å². The number of Topliss-reactive ketones (excluding diaryl/α,β-unsaturated/α-hetero) is 1. The van der Waals surface area contributed by atoms with E-state index in [-0.39, 0.29) is 17.5 Å². The molecule has 0 aliphatic carbocycles. The van der Waals surface area contributed by atoms with Gasteiger partial charge in [0.05, 0.1) is 5.56 Å². The minimum atomic E-state index is -0.461. The zero-order valence-electron chi connectivity index (χ0n) is 9.76. The molecule has 0 fully saturated rings. The molecule has 3 rings (SSSR count). The van der Waals surface area contributed by atoms with Crippen LogP contribution in [0.3, 0.4) is 0 Å². The van der Waals surface area contributed by atoms with E-state index >= 15 is 0 Å². The van der Waals surface area contributed by atoms with Gasteiger partial charge in [-0.3, -0.25) is 4.79 Å². The maximum absolute atomic E-state index is 12.4. The van der Waals surface area contributed by atoms with E-state index < -0.39 is 5.92 Å². The van der Waals surface area contributed by atoms with Crippen LogP contribution in [0, 0.1) is 11.1 Å². The lowest BCUT2D eigenvalue weighted by Gasteiger charge is -2.32. The average molecular weight is 243 g/mol. The van der Waals surface area contributed by atoms with E-state index in [2.05, 4.69) is 0 Å². The Bertz CT molecular complexity index is 548. The number of nitrogens with one attached hydrogen (secondary N) is 1. The van der Waals surface area contributed by atoms with Crippen molar-refractivity contribution in [3.8, 4) is 5.75 Å². The summed E-state index contributed by atoms with van der Waals surface area (Å²) in [5.74, 6) is 0.127. The molecule has 92 valence electrons. The fraction of sp³-hybridized carbons (Fsp3) is 0.214. The van der Waals surface area contributed by atoms with Crippen molar-refractivity contribution in [3.63, 3.8) is 0 Å². The second-order valence-corrected chi connectivity index (χ2v) is 4.40. The van der Waals surface area contributed by atoms with Gasteiger partial charge in [-0.25, -0.2) is 0 Å². The van der Waals surface area contributed by atoms with Gasteiger partial charge in [0.25, 0.3) is 0 Å². The predicted octanol–water partition coefficient (Wildman–Crippen LogP) is 0.714. The van der Waals surface area contributed by atoms with Crippen LogP contribution in [0.1, 0.15) is 10.4 Å². The number of hydroxylamine groups is 2. The second-order valence-electron chi connectivity index (χ2n) is 4.40. The fourth-order valence-corrected chi connectivity index (χ4v) is 2.33. The third kappa shape index (κ3) is 1.75. The highest BCUT2D eigenvalue weighted by atomic mass is 16.5. The quantitative estimate of drug-likeness (QED) is 0.739. The molecule has 4 heteroatoms. The summed E-state index contributed by atoms with van der Waals surface area (Å²) in [6.45, 7) is 0.624. The summed E-state index contributed by atoms with van der Waals surface area (Å²) in [5.41, 5.74) is 1.13. The van der Waals surface area contributed by atoms with E-state index in [0.29, 0.717) is 23.6 Å². The molecule has 4 nitrogen and oxygen atoms in total. The van der Waals surface area contributed by atoms with Crippen molar-refractivity contribution < 1.29 is 14.6 Å². The van der Waals surface area contributed by atoms with Gasteiger partial charge >= 0.3 is 0 Å². The van der Waals surface area contributed by atoms with Crippen LogP contribution >= 0.6 is 0 Å². The van der Waals surface area contributed by atoms with Gasteiger partial charge < -0.3 is 15.0 Å². The Labute approximate surface area is 105 Å². The average Bonchev–Trinajstić information content (AvgIpc) is 2.41. The van der Waals surface area contributed by atoms with Gasteiger partial charge in [-0.15, -0.1) is 0 Å². The summed E-state index contributed by atoms with van der Waals surface area (Å²) < 4.78 is 5.57. The first kappa shape index (κ1) is 11.2. The number of para-hydroxylation sites is 1.